The van der Waals surface area contributed by atoms with E-state index in [1.165, 1.54) is 0 Å². The van der Waals surface area contributed by atoms with Gasteiger partial charge in [-0.3, -0.25) is 4.55 Å². The van der Waals surface area contributed by atoms with Crippen LogP contribution in [-0.2, 0) is 16.3 Å². The van der Waals surface area contributed by atoms with Crippen molar-refractivity contribution >= 4 is 10.1 Å². The molecule has 1 rings (SSSR count). The van der Waals surface area contributed by atoms with E-state index in [0.717, 1.165) is 6.07 Å². The topological polar surface area (TPSA) is 54.4 Å². The fourth-order valence-electron chi connectivity index (χ4n) is 0.994. The van der Waals surface area contributed by atoms with Gasteiger partial charge in [0.2, 0.25) is 0 Å². The van der Waals surface area contributed by atoms with Gasteiger partial charge in [0.05, 0.1) is 0 Å². The van der Waals surface area contributed by atoms with Crippen LogP contribution in [-0.4, -0.2) is 13.0 Å². The predicted molar refractivity (Wildman–Crippen MR) is 41.2 cm³/mol. The Morgan fingerprint density at radius 3 is 2.07 bits per heavy atom. The summed E-state index contributed by atoms with van der Waals surface area (Å²) in [5, 5.41) is 0. The molecule has 0 amide bonds. The average molecular weight is 244 g/mol. The van der Waals surface area contributed by atoms with Gasteiger partial charge < -0.3 is 0 Å². The fraction of sp³-hybridized carbons (Fsp3) is 0.143. The lowest BCUT2D eigenvalue weighted by Gasteiger charge is -2.11. The van der Waals surface area contributed by atoms with Crippen molar-refractivity contribution in [2.75, 3.05) is 0 Å². The number of alkyl halides is 3. The van der Waals surface area contributed by atoms with Crippen LogP contribution in [0.25, 0.3) is 0 Å². The molecule has 0 radical (unpaired) electrons. The Labute approximate surface area is 82.1 Å². The smallest absolute Gasteiger partial charge is 0.282 e. The number of halogens is 4. The molecular weight excluding hydrogens is 240 g/mol. The molecule has 0 fully saturated rings. The van der Waals surface area contributed by atoms with Crippen molar-refractivity contribution in [1.82, 2.24) is 0 Å². The molecule has 0 bridgehead atoms. The monoisotopic (exact) mass is 244 g/mol. The molecule has 0 unspecified atom stereocenters. The highest BCUT2D eigenvalue weighted by Gasteiger charge is 2.39. The maximum absolute atomic E-state index is 12.8. The van der Waals surface area contributed by atoms with Gasteiger partial charge in [0.1, 0.15) is 16.3 Å². The number of rotatable bonds is 1. The first-order valence-corrected chi connectivity index (χ1v) is 4.91. The van der Waals surface area contributed by atoms with Crippen LogP contribution in [0.4, 0.5) is 17.6 Å². The first kappa shape index (κ1) is 11.9. The van der Waals surface area contributed by atoms with Crippen LogP contribution in [0.15, 0.2) is 23.1 Å². The normalized spacial score (nSPS) is 12.9. The Kier molecular flexibility index (Phi) is 2.75. The van der Waals surface area contributed by atoms with E-state index in [4.69, 9.17) is 4.55 Å². The minimum atomic E-state index is -5.18. The molecule has 0 spiro atoms. The molecule has 0 saturated heterocycles. The minimum absolute atomic E-state index is 0.456. The Hall–Kier alpha value is -1.15. The zero-order chi connectivity index (χ0) is 11.9. The van der Waals surface area contributed by atoms with E-state index in [1.807, 2.05) is 0 Å². The molecule has 0 heterocycles. The fourth-order valence-corrected chi connectivity index (χ4v) is 1.72. The summed E-state index contributed by atoms with van der Waals surface area (Å²) in [5.74, 6) is -1.75. The summed E-state index contributed by atoms with van der Waals surface area (Å²) in [6, 6.07) is 1.69. The lowest BCUT2D eigenvalue weighted by molar-refractivity contribution is -0.142. The summed E-state index contributed by atoms with van der Waals surface area (Å²) in [5.41, 5.74) is -1.99. The number of benzene rings is 1. The lowest BCUT2D eigenvalue weighted by Crippen LogP contribution is -2.15. The molecule has 0 atom stereocenters. The third-order valence-corrected chi connectivity index (χ3v) is 2.43. The van der Waals surface area contributed by atoms with Crippen LogP contribution >= 0.6 is 0 Å². The van der Waals surface area contributed by atoms with E-state index in [-0.39, 0.29) is 0 Å². The van der Waals surface area contributed by atoms with Crippen molar-refractivity contribution in [2.45, 2.75) is 11.1 Å². The minimum Gasteiger partial charge on any atom is -0.282 e. The second kappa shape index (κ2) is 3.46. The summed E-state index contributed by atoms with van der Waals surface area (Å²) < 4.78 is 79.0. The maximum Gasteiger partial charge on any atom is 0.420 e. The van der Waals surface area contributed by atoms with Gasteiger partial charge in [-0.2, -0.15) is 21.6 Å². The average Bonchev–Trinajstić information content (AvgIpc) is 1.99. The number of hydrogen-bond acceptors (Lipinski definition) is 2. The van der Waals surface area contributed by atoms with Crippen molar-refractivity contribution in [3.8, 4) is 0 Å². The second-order valence-electron chi connectivity index (χ2n) is 2.59. The van der Waals surface area contributed by atoms with E-state index in [1.54, 1.807) is 0 Å². The van der Waals surface area contributed by atoms with Crippen molar-refractivity contribution in [1.29, 1.82) is 0 Å². The molecule has 0 aromatic heterocycles. The van der Waals surface area contributed by atoms with E-state index < -0.39 is 32.6 Å². The highest BCUT2D eigenvalue weighted by molar-refractivity contribution is 7.85. The van der Waals surface area contributed by atoms with E-state index in [2.05, 4.69) is 0 Å². The van der Waals surface area contributed by atoms with Gasteiger partial charge in [0.15, 0.2) is 0 Å². The van der Waals surface area contributed by atoms with Crippen LogP contribution in [0.3, 0.4) is 0 Å². The van der Waals surface area contributed by atoms with Crippen LogP contribution in [0.2, 0.25) is 0 Å². The summed E-state index contributed by atoms with van der Waals surface area (Å²) in [6.45, 7) is 0. The predicted octanol–water partition coefficient (Wildman–Crippen LogP) is 2.09. The largest absolute Gasteiger partial charge is 0.420 e. The van der Waals surface area contributed by atoms with Gasteiger partial charge in [-0.25, -0.2) is 4.39 Å². The maximum atomic E-state index is 12.8. The van der Waals surface area contributed by atoms with Crippen molar-refractivity contribution in [2.24, 2.45) is 0 Å². The van der Waals surface area contributed by atoms with Crippen LogP contribution in [0.5, 0.6) is 0 Å². The zero-order valence-corrected chi connectivity index (χ0v) is 7.73. The van der Waals surface area contributed by atoms with Gasteiger partial charge >= 0.3 is 6.18 Å². The van der Waals surface area contributed by atoms with Crippen molar-refractivity contribution < 1.29 is 30.5 Å². The SMILES string of the molecule is O=S(=O)(O)c1cccc(F)c1C(F)(F)F. The van der Waals surface area contributed by atoms with Crippen LogP contribution < -0.4 is 0 Å². The molecule has 1 aromatic carbocycles. The third-order valence-electron chi connectivity index (χ3n) is 1.54. The Balaban J connectivity index is 3.63. The van der Waals surface area contributed by atoms with Gasteiger partial charge in [-0.15, -0.1) is 0 Å². The molecule has 0 aliphatic carbocycles. The molecule has 15 heavy (non-hydrogen) atoms. The Bertz CT molecular complexity index is 477. The second-order valence-corrected chi connectivity index (χ2v) is 3.98. The molecule has 1 N–H and O–H groups in total. The Morgan fingerprint density at radius 1 is 1.20 bits per heavy atom. The third kappa shape index (κ3) is 2.45. The summed E-state index contributed by atoms with van der Waals surface area (Å²) >= 11 is 0. The van der Waals surface area contributed by atoms with E-state index in [0.29, 0.717) is 12.1 Å². The molecule has 0 aliphatic heterocycles. The van der Waals surface area contributed by atoms with Crippen molar-refractivity contribution in [3.05, 3.63) is 29.6 Å². The first-order chi connectivity index (χ1) is 6.64. The van der Waals surface area contributed by atoms with E-state index in [9.17, 15) is 26.0 Å². The Morgan fingerprint density at radius 2 is 1.73 bits per heavy atom. The summed E-state index contributed by atoms with van der Waals surface area (Å²) in [6.07, 6.45) is -5.18. The van der Waals surface area contributed by atoms with Crippen LogP contribution in [0.1, 0.15) is 5.56 Å². The molecule has 8 heteroatoms. The van der Waals surface area contributed by atoms with Gasteiger partial charge in [0, 0.05) is 0 Å². The van der Waals surface area contributed by atoms with Gasteiger partial charge in [-0.1, -0.05) is 6.07 Å². The standard InChI is InChI=1S/C7H4F4O3S/c8-4-2-1-3-5(15(12,13)14)6(4)7(9,10)11/h1-3H,(H,12,13,14). The quantitative estimate of drug-likeness (QED) is 0.608. The lowest BCUT2D eigenvalue weighted by atomic mass is 10.2. The summed E-state index contributed by atoms with van der Waals surface area (Å²) in [7, 11) is -5.10. The highest BCUT2D eigenvalue weighted by atomic mass is 32.2. The number of hydrogen-bond donors (Lipinski definition) is 1. The van der Waals surface area contributed by atoms with Crippen LogP contribution in [0, 0.1) is 5.82 Å². The van der Waals surface area contributed by atoms with E-state index >= 15 is 0 Å². The first-order valence-electron chi connectivity index (χ1n) is 3.47. The molecule has 0 aliphatic rings. The molecule has 1 aromatic rings. The molecular formula is C7H4F4O3S. The zero-order valence-electron chi connectivity index (χ0n) is 6.92. The molecule has 3 nitrogen and oxygen atoms in total. The van der Waals surface area contributed by atoms with Crippen molar-refractivity contribution in [3.63, 3.8) is 0 Å². The molecule has 0 saturated carbocycles. The van der Waals surface area contributed by atoms with Gasteiger partial charge in [0.25, 0.3) is 10.1 Å². The molecule has 84 valence electrons. The summed E-state index contributed by atoms with van der Waals surface area (Å²) in [4.78, 5) is -1.49. The highest BCUT2D eigenvalue weighted by Crippen LogP contribution is 2.35. The van der Waals surface area contributed by atoms with Gasteiger partial charge in [-0.05, 0) is 12.1 Å².